The first kappa shape index (κ1) is 15.6. The van der Waals surface area contributed by atoms with E-state index in [1.54, 1.807) is 7.11 Å². The molecule has 120 valence electrons. The van der Waals surface area contributed by atoms with E-state index in [1.165, 1.54) is 11.1 Å². The van der Waals surface area contributed by atoms with Crippen molar-refractivity contribution < 1.29 is 9.84 Å². The fourth-order valence-corrected chi connectivity index (χ4v) is 2.80. The van der Waals surface area contributed by atoms with Crippen molar-refractivity contribution in [2.24, 2.45) is 0 Å². The van der Waals surface area contributed by atoms with Gasteiger partial charge in [0.15, 0.2) is 0 Å². The summed E-state index contributed by atoms with van der Waals surface area (Å²) in [5, 5.41) is 9.22. The first-order valence-electron chi connectivity index (χ1n) is 7.87. The predicted octanol–water partition coefficient (Wildman–Crippen LogP) is 3.71. The summed E-state index contributed by atoms with van der Waals surface area (Å²) in [5.74, 6) is 1.76. The van der Waals surface area contributed by atoms with Crippen molar-refractivity contribution in [1.29, 1.82) is 0 Å². The van der Waals surface area contributed by atoms with Crippen LogP contribution in [0.3, 0.4) is 0 Å². The Morgan fingerprint density at radius 2 is 1.78 bits per heavy atom. The number of aromatic nitrogens is 2. The summed E-state index contributed by atoms with van der Waals surface area (Å²) < 4.78 is 7.42. The highest BCUT2D eigenvalue weighted by Crippen LogP contribution is 2.28. The van der Waals surface area contributed by atoms with Gasteiger partial charge in [0.05, 0.1) is 18.1 Å². The van der Waals surface area contributed by atoms with Crippen molar-refractivity contribution in [2.75, 3.05) is 13.7 Å². The van der Waals surface area contributed by atoms with Crippen molar-refractivity contribution in [3.8, 4) is 17.1 Å². The number of methoxy groups -OCH3 is 1. The molecule has 0 radical (unpaired) electrons. The SMILES string of the molecule is COc1ccc(-c2nc3cc(C)c(C)cc3n2CCCO)cc1. The van der Waals surface area contributed by atoms with Crippen LogP contribution >= 0.6 is 0 Å². The lowest BCUT2D eigenvalue weighted by Crippen LogP contribution is -2.02. The molecule has 23 heavy (non-hydrogen) atoms. The fourth-order valence-electron chi connectivity index (χ4n) is 2.80. The molecule has 0 unspecified atom stereocenters. The van der Waals surface area contributed by atoms with Gasteiger partial charge in [-0.25, -0.2) is 4.98 Å². The highest BCUT2D eigenvalue weighted by Gasteiger charge is 2.13. The standard InChI is InChI=1S/C19H22N2O2/c1-13-11-17-18(12-14(13)2)21(9-4-10-22)19(20-17)15-5-7-16(23-3)8-6-15/h5-8,11-12,22H,4,9-10H2,1-3H3. The van der Waals surface area contributed by atoms with Gasteiger partial charge in [-0.3, -0.25) is 0 Å². The fraction of sp³-hybridized carbons (Fsp3) is 0.316. The molecular weight excluding hydrogens is 288 g/mol. The molecule has 0 aliphatic heterocycles. The normalized spacial score (nSPS) is 11.1. The van der Waals surface area contributed by atoms with Crippen molar-refractivity contribution >= 4 is 11.0 Å². The minimum atomic E-state index is 0.173. The number of benzene rings is 2. The lowest BCUT2D eigenvalue weighted by Gasteiger charge is -2.09. The van der Waals surface area contributed by atoms with Gasteiger partial charge in [-0.05, 0) is 67.8 Å². The van der Waals surface area contributed by atoms with Gasteiger partial charge in [-0.15, -0.1) is 0 Å². The van der Waals surface area contributed by atoms with Crippen LogP contribution in [0.1, 0.15) is 17.5 Å². The molecule has 2 aromatic carbocycles. The molecule has 0 bridgehead atoms. The van der Waals surface area contributed by atoms with Gasteiger partial charge >= 0.3 is 0 Å². The largest absolute Gasteiger partial charge is 0.497 e. The molecule has 0 amide bonds. The van der Waals surface area contributed by atoms with Gasteiger partial charge in [0.2, 0.25) is 0 Å². The first-order chi connectivity index (χ1) is 11.1. The summed E-state index contributed by atoms with van der Waals surface area (Å²) in [4.78, 5) is 4.83. The second-order valence-electron chi connectivity index (χ2n) is 5.82. The third-order valence-electron chi connectivity index (χ3n) is 4.25. The number of aliphatic hydroxyl groups excluding tert-OH is 1. The zero-order valence-corrected chi connectivity index (χ0v) is 13.8. The lowest BCUT2D eigenvalue weighted by atomic mass is 10.1. The van der Waals surface area contributed by atoms with Crippen molar-refractivity contribution in [1.82, 2.24) is 9.55 Å². The maximum atomic E-state index is 9.22. The van der Waals surface area contributed by atoms with Crippen molar-refractivity contribution in [3.63, 3.8) is 0 Å². The van der Waals surface area contributed by atoms with E-state index in [9.17, 15) is 5.11 Å². The Morgan fingerprint density at radius 1 is 1.09 bits per heavy atom. The minimum absolute atomic E-state index is 0.173. The maximum Gasteiger partial charge on any atom is 0.141 e. The zero-order chi connectivity index (χ0) is 16.4. The van der Waals surface area contributed by atoms with Gasteiger partial charge in [-0.2, -0.15) is 0 Å². The number of rotatable bonds is 5. The Hall–Kier alpha value is -2.33. The van der Waals surface area contributed by atoms with Crippen molar-refractivity contribution in [2.45, 2.75) is 26.8 Å². The van der Waals surface area contributed by atoms with Gasteiger partial charge in [-0.1, -0.05) is 0 Å². The number of nitrogens with zero attached hydrogens (tertiary/aromatic N) is 2. The van der Waals surface area contributed by atoms with Crippen LogP contribution in [-0.2, 0) is 6.54 Å². The maximum absolute atomic E-state index is 9.22. The molecule has 1 N–H and O–H groups in total. The molecule has 4 nitrogen and oxygen atoms in total. The molecule has 0 aliphatic rings. The van der Waals surface area contributed by atoms with E-state index in [2.05, 4.69) is 30.5 Å². The van der Waals surface area contributed by atoms with E-state index in [4.69, 9.17) is 9.72 Å². The van der Waals surface area contributed by atoms with Crippen molar-refractivity contribution in [3.05, 3.63) is 47.5 Å². The van der Waals surface area contributed by atoms with Gasteiger partial charge in [0.25, 0.3) is 0 Å². The molecule has 1 heterocycles. The quantitative estimate of drug-likeness (QED) is 0.781. The Balaban J connectivity index is 2.16. The van der Waals surface area contributed by atoms with Gasteiger partial charge in [0.1, 0.15) is 11.6 Å². The number of aryl methyl sites for hydroxylation is 3. The van der Waals surface area contributed by atoms with E-state index in [-0.39, 0.29) is 6.61 Å². The summed E-state index contributed by atoms with van der Waals surface area (Å²) in [6.45, 7) is 5.14. The molecule has 0 aliphatic carbocycles. The summed E-state index contributed by atoms with van der Waals surface area (Å²) in [6.07, 6.45) is 0.710. The molecule has 3 rings (SSSR count). The third kappa shape index (κ3) is 2.94. The molecule has 0 saturated heterocycles. The average molecular weight is 310 g/mol. The van der Waals surface area contributed by atoms with Crippen LogP contribution in [0.2, 0.25) is 0 Å². The summed E-state index contributed by atoms with van der Waals surface area (Å²) in [6, 6.07) is 12.3. The number of imidazole rings is 1. The molecule has 3 aromatic rings. The highest BCUT2D eigenvalue weighted by molar-refractivity contribution is 5.82. The van der Waals surface area contributed by atoms with E-state index in [0.717, 1.165) is 34.7 Å². The minimum Gasteiger partial charge on any atom is -0.497 e. The molecule has 0 fully saturated rings. The molecule has 0 saturated carbocycles. The summed E-state index contributed by atoms with van der Waals surface area (Å²) in [5.41, 5.74) is 5.66. The van der Waals surface area contributed by atoms with Crippen LogP contribution in [0.5, 0.6) is 5.75 Å². The Labute approximate surface area is 136 Å². The second kappa shape index (κ2) is 6.42. The van der Waals surface area contributed by atoms with Crippen LogP contribution < -0.4 is 4.74 Å². The molecule has 0 atom stereocenters. The number of hydrogen-bond donors (Lipinski definition) is 1. The van der Waals surface area contributed by atoms with Crippen LogP contribution in [0.25, 0.3) is 22.4 Å². The predicted molar refractivity (Wildman–Crippen MR) is 92.9 cm³/mol. The Kier molecular flexibility index (Phi) is 4.35. The number of ether oxygens (including phenoxy) is 1. The summed E-state index contributed by atoms with van der Waals surface area (Å²) in [7, 11) is 1.66. The van der Waals surface area contributed by atoms with E-state index >= 15 is 0 Å². The Bertz CT molecular complexity index is 819. The third-order valence-corrected chi connectivity index (χ3v) is 4.25. The number of aliphatic hydroxyl groups is 1. The second-order valence-corrected chi connectivity index (χ2v) is 5.82. The molecule has 1 aromatic heterocycles. The topological polar surface area (TPSA) is 47.3 Å². The monoisotopic (exact) mass is 310 g/mol. The Morgan fingerprint density at radius 3 is 2.43 bits per heavy atom. The van der Waals surface area contributed by atoms with E-state index in [1.807, 2.05) is 24.3 Å². The number of hydrogen-bond acceptors (Lipinski definition) is 3. The van der Waals surface area contributed by atoms with E-state index < -0.39 is 0 Å². The zero-order valence-electron chi connectivity index (χ0n) is 13.8. The molecule has 4 heteroatoms. The van der Waals surface area contributed by atoms with E-state index in [0.29, 0.717) is 6.42 Å². The van der Waals surface area contributed by atoms with Gasteiger partial charge in [0, 0.05) is 18.7 Å². The molecular formula is C19H22N2O2. The van der Waals surface area contributed by atoms with Crippen LogP contribution in [-0.4, -0.2) is 28.4 Å². The van der Waals surface area contributed by atoms with Crippen LogP contribution in [0, 0.1) is 13.8 Å². The molecule has 0 spiro atoms. The summed E-state index contributed by atoms with van der Waals surface area (Å²) >= 11 is 0. The highest BCUT2D eigenvalue weighted by atomic mass is 16.5. The van der Waals surface area contributed by atoms with Gasteiger partial charge < -0.3 is 14.4 Å². The lowest BCUT2D eigenvalue weighted by molar-refractivity contribution is 0.281. The average Bonchev–Trinajstić information content (AvgIpc) is 2.91. The first-order valence-corrected chi connectivity index (χ1v) is 7.87. The van der Waals surface area contributed by atoms with Crippen LogP contribution in [0.15, 0.2) is 36.4 Å². The number of fused-ring (bicyclic) bond motifs is 1. The van der Waals surface area contributed by atoms with Crippen LogP contribution in [0.4, 0.5) is 0 Å². The smallest absolute Gasteiger partial charge is 0.141 e.